The molecule has 1 saturated heterocycles. The fourth-order valence-electron chi connectivity index (χ4n) is 3.68. The van der Waals surface area contributed by atoms with Crippen LogP contribution in [0.25, 0.3) is 0 Å². The Morgan fingerprint density at radius 2 is 1.33 bits per heavy atom. The summed E-state index contributed by atoms with van der Waals surface area (Å²) in [5.74, 6) is -2.70. The number of carbonyl (C=O) groups is 2. The van der Waals surface area contributed by atoms with Crippen molar-refractivity contribution in [3.05, 3.63) is 90.2 Å². The molecule has 9 heteroatoms. The predicted octanol–water partition coefficient (Wildman–Crippen LogP) is 4.28. The summed E-state index contributed by atoms with van der Waals surface area (Å²) in [6.45, 7) is 1.70. The number of nitrogens with zero attached hydrogens (tertiary/aromatic N) is 2. The number of carbonyl (C=O) groups excluding carboxylic acids is 2. The van der Waals surface area contributed by atoms with Gasteiger partial charge in [-0.1, -0.05) is 0 Å². The molecule has 170 valence electrons. The minimum Gasteiger partial charge on any atom is -0.463 e. The van der Waals surface area contributed by atoms with Gasteiger partial charge in [-0.05, 0) is 79.7 Å². The highest BCUT2D eigenvalue weighted by atomic mass is 19.1. The van der Waals surface area contributed by atoms with Crippen molar-refractivity contribution in [1.82, 2.24) is 0 Å². The second-order valence-corrected chi connectivity index (χ2v) is 7.25. The minimum atomic E-state index is -1.26. The zero-order valence-electron chi connectivity index (χ0n) is 17.5. The topological polar surface area (TPSA) is 61.9 Å². The summed E-state index contributed by atoms with van der Waals surface area (Å²) >= 11 is 0. The molecule has 1 aliphatic heterocycles. The molecule has 6 nitrogen and oxygen atoms in total. The van der Waals surface area contributed by atoms with Crippen LogP contribution in [-0.2, 0) is 14.3 Å². The molecule has 0 saturated carbocycles. The molecular weight excluding hydrogens is 435 g/mol. The predicted molar refractivity (Wildman–Crippen MR) is 117 cm³/mol. The first-order valence-corrected chi connectivity index (χ1v) is 10.2. The van der Waals surface area contributed by atoms with Crippen LogP contribution < -0.4 is 15.1 Å². The Balaban J connectivity index is 1.83. The van der Waals surface area contributed by atoms with E-state index in [1.807, 2.05) is 0 Å². The van der Waals surface area contributed by atoms with Crippen LogP contribution in [0.5, 0.6) is 0 Å². The molecule has 3 aromatic carbocycles. The van der Waals surface area contributed by atoms with Crippen LogP contribution in [0.2, 0.25) is 0 Å². The first-order valence-electron chi connectivity index (χ1n) is 10.2. The number of nitrogens with one attached hydrogen (secondary N) is 1. The van der Waals surface area contributed by atoms with Gasteiger partial charge in [-0.3, -0.25) is 9.69 Å². The van der Waals surface area contributed by atoms with E-state index in [1.165, 1.54) is 82.6 Å². The molecule has 1 aliphatic rings. The molecule has 2 atom stereocenters. The van der Waals surface area contributed by atoms with Gasteiger partial charge < -0.3 is 15.0 Å². The van der Waals surface area contributed by atoms with Crippen LogP contribution in [0.15, 0.2) is 72.8 Å². The maximum atomic E-state index is 13.6. The van der Waals surface area contributed by atoms with Crippen molar-refractivity contribution in [1.29, 1.82) is 0 Å². The van der Waals surface area contributed by atoms with Crippen molar-refractivity contribution in [2.45, 2.75) is 19.3 Å². The van der Waals surface area contributed by atoms with Gasteiger partial charge in [0.25, 0.3) is 5.91 Å². The highest BCUT2D eigenvalue weighted by Gasteiger charge is 2.51. The summed E-state index contributed by atoms with van der Waals surface area (Å²) in [6.07, 6.45) is -2.38. The molecule has 0 aliphatic carbocycles. The molecular formula is C24H20F3N3O3. The monoisotopic (exact) mass is 455 g/mol. The van der Waals surface area contributed by atoms with Crippen LogP contribution in [0, 0.1) is 17.5 Å². The highest BCUT2D eigenvalue weighted by Crippen LogP contribution is 2.34. The van der Waals surface area contributed by atoms with Gasteiger partial charge in [0.1, 0.15) is 17.5 Å². The van der Waals surface area contributed by atoms with Crippen LogP contribution in [0.3, 0.4) is 0 Å². The second kappa shape index (κ2) is 9.23. The Kier molecular flexibility index (Phi) is 6.21. The second-order valence-electron chi connectivity index (χ2n) is 7.25. The molecule has 2 unspecified atom stereocenters. The van der Waals surface area contributed by atoms with Gasteiger partial charge in [-0.25, -0.2) is 18.0 Å². The van der Waals surface area contributed by atoms with Gasteiger partial charge in [-0.15, -0.1) is 0 Å². The Morgan fingerprint density at radius 3 is 1.85 bits per heavy atom. The molecule has 0 bridgehead atoms. The standard InChI is InChI=1S/C24H20F3N3O3/c1-2-33-24(32)22-29(19-11-5-16(26)6-12-19)21(28-18-9-3-15(25)4-10-18)23(31)30(22)20-13-7-17(27)8-14-20/h3-14,21-22,28H,2H2,1H3. The third kappa shape index (κ3) is 4.48. The Bertz CT molecular complexity index is 1140. The summed E-state index contributed by atoms with van der Waals surface area (Å²) < 4.78 is 45.8. The first kappa shape index (κ1) is 22.2. The van der Waals surface area contributed by atoms with Crippen molar-refractivity contribution in [2.75, 3.05) is 21.7 Å². The number of halogens is 3. The Labute approximate surface area is 188 Å². The molecule has 3 aromatic rings. The van der Waals surface area contributed by atoms with Gasteiger partial charge in [-0.2, -0.15) is 0 Å². The van der Waals surface area contributed by atoms with Gasteiger partial charge >= 0.3 is 5.97 Å². The summed E-state index contributed by atoms with van der Waals surface area (Å²) in [5.41, 5.74) is 1.06. The first-order chi connectivity index (χ1) is 15.9. The highest BCUT2D eigenvalue weighted by molar-refractivity contribution is 6.10. The maximum Gasteiger partial charge on any atom is 0.350 e. The van der Waals surface area contributed by atoms with Crippen molar-refractivity contribution in [3.63, 3.8) is 0 Å². The molecule has 4 rings (SSSR count). The van der Waals surface area contributed by atoms with Crippen LogP contribution >= 0.6 is 0 Å². The quantitative estimate of drug-likeness (QED) is 0.562. The Hall–Kier alpha value is -4.01. The van der Waals surface area contributed by atoms with E-state index >= 15 is 0 Å². The van der Waals surface area contributed by atoms with E-state index in [0.717, 1.165) is 0 Å². The van der Waals surface area contributed by atoms with E-state index in [2.05, 4.69) is 5.32 Å². The number of hydrogen-bond acceptors (Lipinski definition) is 5. The summed E-state index contributed by atoms with van der Waals surface area (Å²) in [4.78, 5) is 29.3. The number of ether oxygens (including phenoxy) is 1. The molecule has 1 amide bonds. The lowest BCUT2D eigenvalue weighted by Gasteiger charge is -2.31. The van der Waals surface area contributed by atoms with Gasteiger partial charge in [0, 0.05) is 17.1 Å². The van der Waals surface area contributed by atoms with Crippen LogP contribution in [0.1, 0.15) is 6.92 Å². The van der Waals surface area contributed by atoms with E-state index in [4.69, 9.17) is 4.74 Å². The normalized spacial score (nSPS) is 17.9. The third-order valence-electron chi connectivity index (χ3n) is 5.13. The van der Waals surface area contributed by atoms with E-state index in [9.17, 15) is 22.8 Å². The van der Waals surface area contributed by atoms with Crippen molar-refractivity contribution < 1.29 is 27.5 Å². The van der Waals surface area contributed by atoms with Crippen LogP contribution in [0.4, 0.5) is 30.2 Å². The summed E-state index contributed by atoms with van der Waals surface area (Å²) in [5, 5.41) is 3.01. The maximum absolute atomic E-state index is 13.6. The van der Waals surface area contributed by atoms with Crippen molar-refractivity contribution in [2.24, 2.45) is 0 Å². The molecule has 1 fully saturated rings. The lowest BCUT2D eigenvalue weighted by atomic mass is 10.2. The Morgan fingerprint density at radius 1 is 0.848 bits per heavy atom. The average Bonchev–Trinajstić information content (AvgIpc) is 3.09. The van der Waals surface area contributed by atoms with Gasteiger partial charge in [0.05, 0.1) is 6.61 Å². The van der Waals surface area contributed by atoms with Gasteiger partial charge in [0.2, 0.25) is 6.17 Å². The number of rotatable bonds is 6. The molecule has 33 heavy (non-hydrogen) atoms. The zero-order chi connectivity index (χ0) is 23.5. The molecule has 0 radical (unpaired) electrons. The van der Waals surface area contributed by atoms with E-state index in [-0.39, 0.29) is 12.3 Å². The molecule has 1 N–H and O–H groups in total. The number of benzene rings is 3. The van der Waals surface area contributed by atoms with E-state index in [0.29, 0.717) is 11.4 Å². The van der Waals surface area contributed by atoms with Gasteiger partial charge in [0.15, 0.2) is 6.17 Å². The summed E-state index contributed by atoms with van der Waals surface area (Å²) in [6, 6.07) is 15.7. The smallest absolute Gasteiger partial charge is 0.350 e. The summed E-state index contributed by atoms with van der Waals surface area (Å²) in [7, 11) is 0. The largest absolute Gasteiger partial charge is 0.463 e. The molecule has 1 heterocycles. The van der Waals surface area contributed by atoms with E-state index < -0.39 is 41.7 Å². The number of esters is 1. The molecule has 0 aromatic heterocycles. The van der Waals surface area contributed by atoms with Crippen molar-refractivity contribution in [3.8, 4) is 0 Å². The lowest BCUT2D eigenvalue weighted by Crippen LogP contribution is -2.49. The average molecular weight is 455 g/mol. The lowest BCUT2D eigenvalue weighted by molar-refractivity contribution is -0.144. The SMILES string of the molecule is CCOC(=O)C1N(c2ccc(F)cc2)C(=O)C(Nc2ccc(F)cc2)N1c1ccc(F)cc1. The minimum absolute atomic E-state index is 0.0636. The fraction of sp³-hybridized carbons (Fsp3) is 0.167. The number of hydrogen-bond donors (Lipinski definition) is 1. The molecule has 0 spiro atoms. The van der Waals surface area contributed by atoms with E-state index in [1.54, 1.807) is 6.92 Å². The fourth-order valence-corrected chi connectivity index (χ4v) is 3.68. The third-order valence-corrected chi connectivity index (χ3v) is 5.13. The van der Waals surface area contributed by atoms with Crippen molar-refractivity contribution >= 4 is 28.9 Å². The zero-order valence-corrected chi connectivity index (χ0v) is 17.5. The number of anilines is 3. The number of amides is 1. The van der Waals surface area contributed by atoms with Crippen LogP contribution in [-0.4, -0.2) is 30.8 Å².